The third-order valence-corrected chi connectivity index (χ3v) is 12.2. The molecule has 2 aliphatic carbocycles. The van der Waals surface area contributed by atoms with Gasteiger partial charge in [-0.2, -0.15) is 0 Å². The summed E-state index contributed by atoms with van der Waals surface area (Å²) in [5.41, 5.74) is 16.2. The number of fused-ring (bicyclic) bond motifs is 1. The molecule has 2 saturated carbocycles. The first-order chi connectivity index (χ1) is 30.3. The molecule has 10 N–H and O–H groups in total. The molecule has 0 aliphatic heterocycles. The number of anilines is 2. The Morgan fingerprint density at radius 1 is 1.03 bits per heavy atom. The van der Waals surface area contributed by atoms with Gasteiger partial charge in [0.2, 0.25) is 17.7 Å². The lowest BCUT2D eigenvalue weighted by molar-refractivity contribution is 0.0672. The molecule has 3 atom stereocenters. The van der Waals surface area contributed by atoms with Crippen molar-refractivity contribution in [2.75, 3.05) is 44.4 Å². The molecule has 2 aromatic heterocycles. The molecule has 6 rings (SSSR count). The third kappa shape index (κ3) is 12.2. The highest BCUT2D eigenvalue weighted by Gasteiger charge is 2.34. The highest BCUT2D eigenvalue weighted by molar-refractivity contribution is 7.89. The topological polar surface area (TPSA) is 267 Å². The maximum absolute atomic E-state index is 12.0. The van der Waals surface area contributed by atoms with Crippen LogP contribution in [0.4, 0.5) is 17.5 Å². The van der Waals surface area contributed by atoms with E-state index in [0.717, 1.165) is 48.9 Å². The molecule has 19 nitrogen and oxygen atoms in total. The Bertz CT molecular complexity index is 2330. The van der Waals surface area contributed by atoms with Crippen molar-refractivity contribution in [3.8, 4) is 11.5 Å². The number of nitrogens with zero attached hydrogens (tertiary/aromatic N) is 6. The summed E-state index contributed by atoms with van der Waals surface area (Å²) in [5, 5.41) is 16.8. The van der Waals surface area contributed by atoms with Gasteiger partial charge in [-0.25, -0.2) is 28.4 Å². The molecule has 3 unspecified atom stereocenters. The molecule has 63 heavy (non-hydrogen) atoms. The summed E-state index contributed by atoms with van der Waals surface area (Å²) >= 11 is 0. The first kappa shape index (κ1) is 47.0. The number of aliphatic imine (C=N–C) groups is 1. The van der Waals surface area contributed by atoms with Gasteiger partial charge in [-0.1, -0.05) is 37.6 Å². The van der Waals surface area contributed by atoms with E-state index in [1.54, 1.807) is 4.83 Å². The number of nitrogens with two attached hydrogens (primary N) is 3. The molecule has 2 aliphatic rings. The van der Waals surface area contributed by atoms with Gasteiger partial charge in [0.25, 0.3) is 0 Å². The minimum atomic E-state index is -4.08. The number of oxazole rings is 1. The number of hydrogen-bond donors (Lipinski definition) is 7. The largest absolute Gasteiger partial charge is 0.488 e. The Morgan fingerprint density at radius 2 is 1.76 bits per heavy atom. The van der Waals surface area contributed by atoms with Crippen LogP contribution in [0.1, 0.15) is 82.4 Å². The van der Waals surface area contributed by atoms with Crippen LogP contribution in [0.15, 0.2) is 81.8 Å². The van der Waals surface area contributed by atoms with E-state index in [4.69, 9.17) is 45.9 Å². The van der Waals surface area contributed by atoms with Gasteiger partial charge in [-0.05, 0) is 96.7 Å². The molecule has 0 spiro atoms. The molecule has 2 heterocycles. The van der Waals surface area contributed by atoms with Crippen molar-refractivity contribution >= 4 is 44.8 Å². The molecule has 0 radical (unpaired) electrons. The molecular formula is C43H62N12O7S. The average molecular weight is 891 g/mol. The molecular weight excluding hydrogens is 829 g/mol. The minimum absolute atomic E-state index is 0.0404. The van der Waals surface area contributed by atoms with E-state index >= 15 is 0 Å². The van der Waals surface area contributed by atoms with Crippen molar-refractivity contribution in [3.05, 3.63) is 78.4 Å². The van der Waals surface area contributed by atoms with Crippen LogP contribution in [-0.4, -0.2) is 103 Å². The summed E-state index contributed by atoms with van der Waals surface area (Å²) in [6.45, 7) is 10.5. The number of para-hydroxylation sites is 2. The highest BCUT2D eigenvalue weighted by atomic mass is 32.2. The van der Waals surface area contributed by atoms with Crippen molar-refractivity contribution in [2.45, 2.75) is 107 Å². The van der Waals surface area contributed by atoms with Gasteiger partial charge in [0.15, 0.2) is 5.88 Å². The number of hydrogen-bond acceptors (Lipinski definition) is 17. The summed E-state index contributed by atoms with van der Waals surface area (Å²) in [6, 6.07) is 11.4. The van der Waals surface area contributed by atoms with Crippen LogP contribution in [-0.2, 0) is 21.2 Å². The lowest BCUT2D eigenvalue weighted by atomic mass is 9.80. The lowest BCUT2D eigenvalue weighted by Gasteiger charge is -2.35. The number of rotatable bonds is 21. The van der Waals surface area contributed by atoms with E-state index in [1.165, 1.54) is 18.7 Å². The van der Waals surface area contributed by atoms with Crippen LogP contribution in [0, 0.1) is 0 Å². The van der Waals surface area contributed by atoms with Crippen LogP contribution in [0.2, 0.25) is 0 Å². The first-order valence-electron chi connectivity index (χ1n) is 21.4. The first-order valence-corrected chi connectivity index (χ1v) is 22.9. The normalized spacial score (nSPS) is 20.8. The second-order valence-corrected chi connectivity index (χ2v) is 17.6. The quantitative estimate of drug-likeness (QED) is 0.0195. The van der Waals surface area contributed by atoms with Gasteiger partial charge < -0.3 is 50.3 Å². The minimum Gasteiger partial charge on any atom is -0.488 e. The van der Waals surface area contributed by atoms with Crippen LogP contribution < -0.4 is 42.2 Å². The molecule has 0 amide bonds. The molecule has 0 bridgehead atoms. The smallest absolute Gasteiger partial charge is 0.333 e. The molecule has 0 saturated heterocycles. The molecule has 2 aromatic carbocycles. The van der Waals surface area contributed by atoms with Crippen molar-refractivity contribution in [3.63, 3.8) is 0 Å². The zero-order chi connectivity index (χ0) is 45.1. The lowest BCUT2D eigenvalue weighted by Crippen LogP contribution is -2.39. The number of benzene rings is 2. The van der Waals surface area contributed by atoms with Crippen molar-refractivity contribution in [1.82, 2.24) is 29.6 Å². The van der Waals surface area contributed by atoms with Crippen LogP contribution in [0.3, 0.4) is 0 Å². The molecule has 342 valence electrons. The number of sulfonamides is 1. The maximum Gasteiger partial charge on any atom is 0.333 e. The predicted octanol–water partition coefficient (Wildman–Crippen LogP) is 4.76. The van der Waals surface area contributed by atoms with Crippen LogP contribution in [0.25, 0.3) is 10.9 Å². The number of likely N-dealkylation sites (N-methyl/N-ethyl adjacent to an activating group) is 2. The second-order valence-electron chi connectivity index (χ2n) is 16.0. The van der Waals surface area contributed by atoms with E-state index in [0.29, 0.717) is 73.8 Å². The molecule has 20 heteroatoms. The third-order valence-electron chi connectivity index (χ3n) is 11.2. The van der Waals surface area contributed by atoms with Gasteiger partial charge in [0, 0.05) is 37.0 Å². The fourth-order valence-corrected chi connectivity index (χ4v) is 8.31. The van der Waals surface area contributed by atoms with Crippen molar-refractivity contribution in [2.24, 2.45) is 22.3 Å². The summed E-state index contributed by atoms with van der Waals surface area (Å²) in [5.74, 6) is 6.90. The maximum atomic E-state index is 12.0. The molecule has 2 fully saturated rings. The van der Waals surface area contributed by atoms with Gasteiger partial charge >= 0.3 is 15.2 Å². The number of aryl methyl sites for hydroxylation is 1. The number of nitrogens with one attached hydrogen (secondary N) is 3. The fraction of sp³-hybridized carbons (Fsp3) is 0.488. The van der Waals surface area contributed by atoms with E-state index in [1.807, 2.05) is 62.3 Å². The highest BCUT2D eigenvalue weighted by Crippen LogP contribution is 2.41. The Morgan fingerprint density at radius 3 is 2.48 bits per heavy atom. The summed E-state index contributed by atoms with van der Waals surface area (Å²) < 4.78 is 48.9. The van der Waals surface area contributed by atoms with Crippen LogP contribution >= 0.6 is 0 Å². The predicted molar refractivity (Wildman–Crippen MR) is 243 cm³/mol. The van der Waals surface area contributed by atoms with Gasteiger partial charge in [0.1, 0.15) is 17.0 Å². The molecule has 4 aromatic rings. The summed E-state index contributed by atoms with van der Waals surface area (Å²) in [7, 11) is -0.0596. The summed E-state index contributed by atoms with van der Waals surface area (Å²) in [4.78, 5) is 23.9. The summed E-state index contributed by atoms with van der Waals surface area (Å²) in [6.07, 6.45) is 9.58. The number of aromatic nitrogens is 3. The van der Waals surface area contributed by atoms with E-state index in [9.17, 15) is 13.5 Å². The zero-order valence-electron chi connectivity index (χ0n) is 36.5. The monoisotopic (exact) mass is 890 g/mol. The van der Waals surface area contributed by atoms with E-state index in [-0.39, 0.29) is 48.0 Å². The SMILES string of the molecule is C=C(O/C(=C\N)Nc1nc(C2CC(Oc3cccc(CCC)c3NC=Nc3cnc(S(=O)(=O)NN)o3)CCC2N)c2cccc(OC3CCC(O)CC3)c2n1)N(CC)CCN(C)C. The Kier molecular flexibility index (Phi) is 16.2. The van der Waals surface area contributed by atoms with Crippen LogP contribution in [0.5, 0.6) is 11.5 Å². The van der Waals surface area contributed by atoms with E-state index in [2.05, 4.69) is 39.0 Å². The van der Waals surface area contributed by atoms with Gasteiger partial charge in [-0.15, -0.1) is 4.83 Å². The van der Waals surface area contributed by atoms with Crippen molar-refractivity contribution in [1.29, 1.82) is 0 Å². The number of aliphatic hydroxyl groups is 1. The van der Waals surface area contributed by atoms with Gasteiger partial charge in [0.05, 0.1) is 48.4 Å². The fourth-order valence-electron chi connectivity index (χ4n) is 7.83. The Balaban J connectivity index is 1.29. The Labute approximate surface area is 369 Å². The standard InChI is InChI=1S/C43H62N12O7S/c1-6-10-28-11-8-13-35(39(28)49-26-48-38-25-47-43(62-38)63(57,58)53-46)61-31-19-20-34(45)33(23-31)40-32-12-9-14-36(60-30-17-15-29(56)16-18-30)41(32)52-42(51-40)50-37(24-44)59-27(3)55(7-2)22-21-54(4)5/h8-9,11-14,24-26,29-31,33-34,53,56H,3,6-7,10,15-23,44-46H2,1-2,4-5H3,(H,48,49)(H,50,51,52)/b37-24-. The van der Waals surface area contributed by atoms with Crippen molar-refractivity contribution < 1.29 is 32.2 Å². The average Bonchev–Trinajstić information content (AvgIpc) is 3.76. The van der Waals surface area contributed by atoms with Gasteiger partial charge in [-0.3, -0.25) is 11.2 Å². The number of aliphatic hydroxyl groups excluding tert-OH is 1. The van der Waals surface area contributed by atoms with E-state index < -0.39 is 15.2 Å². The Hall–Kier alpha value is -5.51. The second kappa shape index (κ2) is 21.7. The zero-order valence-corrected chi connectivity index (χ0v) is 37.3. The number of hydrazine groups is 1. The number of ether oxygens (including phenoxy) is 3.